The standard InChI is InChI=1S/C16H30N6.HI/c1-4-5-11-17-16(19-14-9-7-6-8-10-14)18-12-15-21-20-13(2)22(15)3;/h14H,4-12H2,1-3H3,(H2,17,18,19);1H. The molecule has 1 aromatic rings. The maximum atomic E-state index is 4.71. The highest BCUT2D eigenvalue weighted by molar-refractivity contribution is 14.0. The van der Waals surface area contributed by atoms with Crippen molar-refractivity contribution in [2.24, 2.45) is 12.0 Å². The average molecular weight is 434 g/mol. The van der Waals surface area contributed by atoms with E-state index in [0.717, 1.165) is 30.6 Å². The monoisotopic (exact) mass is 434 g/mol. The molecule has 0 radical (unpaired) electrons. The first kappa shape index (κ1) is 20.2. The van der Waals surface area contributed by atoms with Crippen molar-refractivity contribution in [1.29, 1.82) is 0 Å². The summed E-state index contributed by atoms with van der Waals surface area (Å²) in [5.41, 5.74) is 0. The third-order valence-electron chi connectivity index (χ3n) is 4.33. The first-order valence-electron chi connectivity index (χ1n) is 8.60. The van der Waals surface area contributed by atoms with E-state index in [-0.39, 0.29) is 24.0 Å². The van der Waals surface area contributed by atoms with Crippen molar-refractivity contribution in [3.05, 3.63) is 11.6 Å². The van der Waals surface area contributed by atoms with Gasteiger partial charge in [-0.2, -0.15) is 0 Å². The average Bonchev–Trinajstić information content (AvgIpc) is 2.85. The summed E-state index contributed by atoms with van der Waals surface area (Å²) in [6.07, 6.45) is 8.85. The molecule has 6 nitrogen and oxygen atoms in total. The molecule has 0 aromatic carbocycles. The van der Waals surface area contributed by atoms with Crippen molar-refractivity contribution in [2.45, 2.75) is 71.4 Å². The molecule has 0 spiro atoms. The van der Waals surface area contributed by atoms with E-state index in [1.165, 1.54) is 38.5 Å². The lowest BCUT2D eigenvalue weighted by Crippen LogP contribution is -2.44. The van der Waals surface area contributed by atoms with Crippen molar-refractivity contribution in [3.63, 3.8) is 0 Å². The van der Waals surface area contributed by atoms with E-state index in [4.69, 9.17) is 4.99 Å². The van der Waals surface area contributed by atoms with Crippen molar-refractivity contribution >= 4 is 29.9 Å². The topological polar surface area (TPSA) is 67.1 Å². The van der Waals surface area contributed by atoms with Gasteiger partial charge in [0.2, 0.25) is 0 Å². The van der Waals surface area contributed by atoms with Gasteiger partial charge in [0.25, 0.3) is 0 Å². The molecule has 1 fully saturated rings. The lowest BCUT2D eigenvalue weighted by atomic mass is 9.96. The van der Waals surface area contributed by atoms with E-state index in [1.807, 2.05) is 18.5 Å². The van der Waals surface area contributed by atoms with Gasteiger partial charge in [-0.3, -0.25) is 0 Å². The second-order valence-electron chi connectivity index (χ2n) is 6.15. The van der Waals surface area contributed by atoms with Crippen LogP contribution in [0.4, 0.5) is 0 Å². The van der Waals surface area contributed by atoms with Gasteiger partial charge in [0, 0.05) is 19.6 Å². The van der Waals surface area contributed by atoms with E-state index >= 15 is 0 Å². The zero-order valence-corrected chi connectivity index (χ0v) is 17.0. The second kappa shape index (κ2) is 10.8. The van der Waals surface area contributed by atoms with Gasteiger partial charge in [0.05, 0.1) is 0 Å². The van der Waals surface area contributed by atoms with Gasteiger partial charge < -0.3 is 15.2 Å². The third-order valence-corrected chi connectivity index (χ3v) is 4.33. The van der Waals surface area contributed by atoms with Crippen molar-refractivity contribution in [3.8, 4) is 0 Å². The number of halogens is 1. The summed E-state index contributed by atoms with van der Waals surface area (Å²) in [5, 5.41) is 15.3. The minimum Gasteiger partial charge on any atom is -0.356 e. The molecule has 0 saturated heterocycles. The molecule has 0 aliphatic heterocycles. The van der Waals surface area contributed by atoms with Crippen molar-refractivity contribution in [1.82, 2.24) is 25.4 Å². The van der Waals surface area contributed by atoms with Gasteiger partial charge in [-0.15, -0.1) is 34.2 Å². The summed E-state index contributed by atoms with van der Waals surface area (Å²) in [6.45, 7) is 5.69. The Morgan fingerprint density at radius 1 is 1.26 bits per heavy atom. The van der Waals surface area contributed by atoms with Gasteiger partial charge in [0.1, 0.15) is 12.4 Å². The van der Waals surface area contributed by atoms with Crippen LogP contribution < -0.4 is 10.6 Å². The number of nitrogens with zero attached hydrogens (tertiary/aromatic N) is 4. The first-order valence-corrected chi connectivity index (χ1v) is 8.60. The lowest BCUT2D eigenvalue weighted by Gasteiger charge is -2.25. The van der Waals surface area contributed by atoms with E-state index in [9.17, 15) is 0 Å². The molecule has 132 valence electrons. The molecule has 1 saturated carbocycles. The fourth-order valence-corrected chi connectivity index (χ4v) is 2.71. The maximum absolute atomic E-state index is 4.71. The Balaban J connectivity index is 0.00000264. The summed E-state index contributed by atoms with van der Waals surface area (Å²) in [5.74, 6) is 2.74. The lowest BCUT2D eigenvalue weighted by molar-refractivity contribution is 0.409. The van der Waals surface area contributed by atoms with Crippen LogP contribution in [0, 0.1) is 6.92 Å². The molecule has 2 rings (SSSR count). The summed E-state index contributed by atoms with van der Waals surface area (Å²) in [7, 11) is 1.99. The number of aliphatic imine (C=N–C) groups is 1. The molecule has 7 heteroatoms. The Bertz CT molecular complexity index is 479. The number of rotatable bonds is 6. The summed E-state index contributed by atoms with van der Waals surface area (Å²) in [4.78, 5) is 4.71. The van der Waals surface area contributed by atoms with Crippen molar-refractivity contribution < 1.29 is 0 Å². The van der Waals surface area contributed by atoms with E-state index in [1.54, 1.807) is 0 Å². The quantitative estimate of drug-likeness (QED) is 0.313. The van der Waals surface area contributed by atoms with E-state index in [2.05, 4.69) is 27.8 Å². The highest BCUT2D eigenvalue weighted by atomic mass is 127. The third kappa shape index (κ3) is 6.64. The summed E-state index contributed by atoms with van der Waals surface area (Å²) >= 11 is 0. The van der Waals surface area contributed by atoms with Crippen LogP contribution in [0.15, 0.2) is 4.99 Å². The van der Waals surface area contributed by atoms with Gasteiger partial charge in [-0.1, -0.05) is 32.6 Å². The van der Waals surface area contributed by atoms with Gasteiger partial charge in [-0.25, -0.2) is 4.99 Å². The molecule has 0 bridgehead atoms. The van der Waals surface area contributed by atoms with E-state index in [0.29, 0.717) is 12.6 Å². The molecule has 0 unspecified atom stereocenters. The highest BCUT2D eigenvalue weighted by Crippen LogP contribution is 2.17. The fourth-order valence-electron chi connectivity index (χ4n) is 2.71. The molecule has 0 amide bonds. The molecule has 1 heterocycles. The molecule has 0 atom stereocenters. The predicted octanol–water partition coefficient (Wildman–Crippen LogP) is 2.91. The van der Waals surface area contributed by atoms with Crippen molar-refractivity contribution in [2.75, 3.05) is 6.54 Å². The van der Waals surface area contributed by atoms with Crippen LogP contribution in [-0.4, -0.2) is 33.3 Å². The summed E-state index contributed by atoms with van der Waals surface area (Å²) < 4.78 is 1.99. The number of hydrogen-bond acceptors (Lipinski definition) is 3. The number of hydrogen-bond donors (Lipinski definition) is 2. The van der Waals surface area contributed by atoms with Crippen LogP contribution in [0.5, 0.6) is 0 Å². The highest BCUT2D eigenvalue weighted by Gasteiger charge is 2.14. The summed E-state index contributed by atoms with van der Waals surface area (Å²) in [6, 6.07) is 0.558. The number of unbranched alkanes of at least 4 members (excludes halogenated alkanes) is 1. The van der Waals surface area contributed by atoms with Gasteiger partial charge >= 0.3 is 0 Å². The zero-order chi connectivity index (χ0) is 15.8. The van der Waals surface area contributed by atoms with E-state index < -0.39 is 0 Å². The van der Waals surface area contributed by atoms with Crippen LogP contribution in [0.3, 0.4) is 0 Å². The normalized spacial score (nSPS) is 16.0. The molecular formula is C16H31IN6. The Kier molecular flexibility index (Phi) is 9.50. The largest absolute Gasteiger partial charge is 0.356 e. The Labute approximate surface area is 157 Å². The Morgan fingerprint density at radius 3 is 2.61 bits per heavy atom. The molecule has 1 aliphatic carbocycles. The fraction of sp³-hybridized carbons (Fsp3) is 0.812. The number of nitrogens with one attached hydrogen (secondary N) is 2. The minimum atomic E-state index is 0. The first-order chi connectivity index (χ1) is 10.7. The van der Waals surface area contributed by atoms with Crippen LogP contribution in [0.2, 0.25) is 0 Å². The SMILES string of the molecule is CCCCNC(=NCc1nnc(C)n1C)NC1CCCCC1.I. The van der Waals surface area contributed by atoms with Crippen LogP contribution in [-0.2, 0) is 13.6 Å². The van der Waals surface area contributed by atoms with Crippen LogP contribution in [0.25, 0.3) is 0 Å². The van der Waals surface area contributed by atoms with Gasteiger partial charge in [0.15, 0.2) is 11.8 Å². The number of aryl methyl sites for hydroxylation is 1. The second-order valence-corrected chi connectivity index (χ2v) is 6.15. The molecule has 23 heavy (non-hydrogen) atoms. The molecular weight excluding hydrogens is 403 g/mol. The number of guanidine groups is 1. The predicted molar refractivity (Wildman–Crippen MR) is 105 cm³/mol. The smallest absolute Gasteiger partial charge is 0.191 e. The molecule has 1 aliphatic rings. The van der Waals surface area contributed by atoms with Crippen LogP contribution >= 0.6 is 24.0 Å². The Hall–Kier alpha value is -0.860. The number of aromatic nitrogens is 3. The Morgan fingerprint density at radius 2 is 2.00 bits per heavy atom. The maximum Gasteiger partial charge on any atom is 0.191 e. The molecule has 2 N–H and O–H groups in total. The van der Waals surface area contributed by atoms with Crippen LogP contribution in [0.1, 0.15) is 63.5 Å². The minimum absolute atomic E-state index is 0. The molecule has 1 aromatic heterocycles. The van der Waals surface area contributed by atoms with Gasteiger partial charge in [-0.05, 0) is 26.2 Å². The zero-order valence-electron chi connectivity index (χ0n) is 14.6.